The number of amides is 2. The topological polar surface area (TPSA) is 106 Å². The first-order valence-corrected chi connectivity index (χ1v) is 8.56. The van der Waals surface area contributed by atoms with Gasteiger partial charge in [-0.25, -0.2) is 0 Å². The fourth-order valence-electron chi connectivity index (χ4n) is 2.97. The number of aromatic nitrogens is 1. The van der Waals surface area contributed by atoms with Gasteiger partial charge in [-0.15, -0.1) is 0 Å². The molecule has 7 nitrogen and oxygen atoms in total. The summed E-state index contributed by atoms with van der Waals surface area (Å²) in [6.45, 7) is -2.77. The molecule has 0 saturated carbocycles. The summed E-state index contributed by atoms with van der Waals surface area (Å²) in [6.07, 6.45) is 1.49. The van der Waals surface area contributed by atoms with Crippen molar-refractivity contribution >= 4 is 11.8 Å². The second-order valence-electron chi connectivity index (χ2n) is 6.44. The molecule has 1 aromatic carbocycles. The number of hydrogen-bond acceptors (Lipinski definition) is 5. The first-order valence-electron chi connectivity index (χ1n) is 8.56. The normalized spacial score (nSPS) is 18.5. The zero-order chi connectivity index (χ0) is 21.2. The van der Waals surface area contributed by atoms with Crippen LogP contribution in [0, 0.1) is 11.8 Å². The maximum Gasteiger partial charge on any atom is 0.387 e. The van der Waals surface area contributed by atoms with E-state index in [1.807, 2.05) is 0 Å². The first-order chi connectivity index (χ1) is 13.7. The average Bonchev–Trinajstić information content (AvgIpc) is 2.94. The highest BCUT2D eigenvalue weighted by atomic mass is 19.3. The highest BCUT2D eigenvalue weighted by Gasteiger charge is 2.42. The van der Waals surface area contributed by atoms with Crippen LogP contribution >= 0.6 is 0 Å². The molecule has 9 heteroatoms. The highest BCUT2D eigenvalue weighted by Crippen LogP contribution is 2.29. The molecule has 3 rings (SSSR count). The molecule has 0 radical (unpaired) electrons. The lowest BCUT2D eigenvalue weighted by atomic mass is 9.99. The summed E-state index contributed by atoms with van der Waals surface area (Å²) in [5.74, 6) is 3.48. The van der Waals surface area contributed by atoms with Crippen molar-refractivity contribution in [3.05, 3.63) is 47.8 Å². The predicted molar refractivity (Wildman–Crippen MR) is 98.9 cm³/mol. The Morgan fingerprint density at radius 1 is 1.41 bits per heavy atom. The molecule has 2 heterocycles. The number of alkyl halides is 2. The van der Waals surface area contributed by atoms with Gasteiger partial charge in [-0.05, 0) is 23.8 Å². The van der Waals surface area contributed by atoms with Gasteiger partial charge in [0.1, 0.15) is 11.4 Å². The SMILES string of the molecule is CN1CC[C@@](O)(C#Cc2cc(-c3cccnc3C(N)=O)ccc2OC(F)F)C1=O. The number of benzene rings is 1. The standard InChI is InChI=1S/C20H17F2N3O4/c1-25-10-8-20(28,18(25)27)7-6-13-11-12(4-5-15(13)29-19(21)22)14-3-2-9-24-16(14)17(23)26/h2-5,9,11,19,28H,8,10H2,1H3,(H2,23,26)/t20-/m0/s1. The number of pyridine rings is 1. The van der Waals surface area contributed by atoms with E-state index in [-0.39, 0.29) is 23.4 Å². The van der Waals surface area contributed by atoms with Crippen LogP contribution in [0.25, 0.3) is 11.1 Å². The van der Waals surface area contributed by atoms with Crippen molar-refractivity contribution in [2.24, 2.45) is 5.73 Å². The second-order valence-corrected chi connectivity index (χ2v) is 6.44. The Morgan fingerprint density at radius 2 is 2.17 bits per heavy atom. The van der Waals surface area contributed by atoms with Crippen molar-refractivity contribution in [3.63, 3.8) is 0 Å². The lowest BCUT2D eigenvalue weighted by molar-refractivity contribution is -0.137. The quantitative estimate of drug-likeness (QED) is 0.754. The maximum absolute atomic E-state index is 12.8. The van der Waals surface area contributed by atoms with Gasteiger partial charge in [-0.2, -0.15) is 8.78 Å². The van der Waals surface area contributed by atoms with E-state index in [0.717, 1.165) is 0 Å². The number of primary amides is 1. The average molecular weight is 401 g/mol. The molecule has 1 atom stereocenters. The third kappa shape index (κ3) is 4.17. The summed E-state index contributed by atoms with van der Waals surface area (Å²) >= 11 is 0. The zero-order valence-corrected chi connectivity index (χ0v) is 15.4. The van der Waals surface area contributed by atoms with E-state index < -0.39 is 24.0 Å². The minimum atomic E-state index is -3.09. The van der Waals surface area contributed by atoms with Gasteiger partial charge in [0.15, 0.2) is 0 Å². The Bertz CT molecular complexity index is 1030. The number of carbonyl (C=O) groups excluding carboxylic acids is 2. The smallest absolute Gasteiger partial charge is 0.387 e. The highest BCUT2D eigenvalue weighted by molar-refractivity contribution is 5.98. The van der Waals surface area contributed by atoms with Gasteiger partial charge in [0.2, 0.25) is 5.60 Å². The molecule has 1 saturated heterocycles. The molecular weight excluding hydrogens is 384 g/mol. The number of nitrogens with zero attached hydrogens (tertiary/aromatic N) is 2. The summed E-state index contributed by atoms with van der Waals surface area (Å²) in [5.41, 5.74) is 4.26. The first kappa shape index (κ1) is 20.2. The molecule has 2 amide bonds. The van der Waals surface area contributed by atoms with Gasteiger partial charge in [0.25, 0.3) is 11.8 Å². The number of carbonyl (C=O) groups is 2. The molecule has 0 unspecified atom stereocenters. The van der Waals surface area contributed by atoms with E-state index in [4.69, 9.17) is 5.73 Å². The van der Waals surface area contributed by atoms with Crippen LogP contribution in [0.5, 0.6) is 5.75 Å². The Labute approximate surface area is 165 Å². The molecule has 150 valence electrons. The molecule has 1 aliphatic rings. The molecule has 1 fully saturated rings. The minimum absolute atomic E-state index is 0.000149. The van der Waals surface area contributed by atoms with Gasteiger partial charge in [-0.1, -0.05) is 24.0 Å². The number of hydrogen-bond donors (Lipinski definition) is 2. The molecule has 0 aliphatic carbocycles. The number of rotatable bonds is 4. The van der Waals surface area contributed by atoms with E-state index in [9.17, 15) is 23.5 Å². The molecule has 1 aromatic heterocycles. The molecule has 29 heavy (non-hydrogen) atoms. The van der Waals surface area contributed by atoms with E-state index in [1.165, 1.54) is 36.3 Å². The van der Waals surface area contributed by atoms with Crippen LogP contribution in [0.15, 0.2) is 36.5 Å². The number of likely N-dealkylation sites (tertiary alicyclic amines) is 1. The van der Waals surface area contributed by atoms with E-state index in [2.05, 4.69) is 21.6 Å². The van der Waals surface area contributed by atoms with Crippen LogP contribution in [-0.4, -0.2) is 52.6 Å². The number of ether oxygens (including phenoxy) is 1. The van der Waals surface area contributed by atoms with Gasteiger partial charge >= 0.3 is 6.61 Å². The van der Waals surface area contributed by atoms with E-state index in [1.54, 1.807) is 12.1 Å². The maximum atomic E-state index is 12.8. The van der Waals surface area contributed by atoms with Crippen molar-refractivity contribution < 1.29 is 28.2 Å². The lowest BCUT2D eigenvalue weighted by Crippen LogP contribution is -2.37. The molecule has 1 aliphatic heterocycles. The van der Waals surface area contributed by atoms with Crippen LogP contribution in [0.2, 0.25) is 0 Å². The van der Waals surface area contributed by atoms with Crippen LogP contribution in [0.4, 0.5) is 8.78 Å². The Morgan fingerprint density at radius 3 is 2.79 bits per heavy atom. The largest absolute Gasteiger partial charge is 0.434 e. The molecule has 3 N–H and O–H groups in total. The van der Waals surface area contributed by atoms with Crippen LogP contribution in [0.3, 0.4) is 0 Å². The summed E-state index contributed by atoms with van der Waals surface area (Å²) in [7, 11) is 1.53. The molecular formula is C20H17F2N3O4. The molecule has 2 aromatic rings. The Hall–Kier alpha value is -3.51. The zero-order valence-electron chi connectivity index (χ0n) is 15.4. The molecule has 0 bridgehead atoms. The minimum Gasteiger partial charge on any atom is -0.434 e. The summed E-state index contributed by atoms with van der Waals surface area (Å²) in [6, 6.07) is 7.30. The second kappa shape index (κ2) is 7.85. The fourth-order valence-corrected chi connectivity index (χ4v) is 2.97. The number of likely N-dealkylation sites (N-methyl/N-ethyl adjacent to an activating group) is 1. The van der Waals surface area contributed by atoms with Crippen molar-refractivity contribution in [1.82, 2.24) is 9.88 Å². The van der Waals surface area contributed by atoms with Gasteiger partial charge in [-0.3, -0.25) is 14.6 Å². The van der Waals surface area contributed by atoms with Crippen molar-refractivity contribution in [1.29, 1.82) is 0 Å². The van der Waals surface area contributed by atoms with Crippen LogP contribution < -0.4 is 10.5 Å². The van der Waals surface area contributed by atoms with Gasteiger partial charge < -0.3 is 20.5 Å². The number of aliphatic hydroxyl groups is 1. The fraction of sp³-hybridized carbons (Fsp3) is 0.250. The van der Waals surface area contributed by atoms with Gasteiger partial charge in [0, 0.05) is 31.8 Å². The summed E-state index contributed by atoms with van der Waals surface area (Å²) < 4.78 is 30.0. The monoisotopic (exact) mass is 401 g/mol. The van der Waals surface area contributed by atoms with Crippen molar-refractivity contribution in [3.8, 4) is 28.7 Å². The van der Waals surface area contributed by atoms with E-state index in [0.29, 0.717) is 17.7 Å². The summed E-state index contributed by atoms with van der Waals surface area (Å²) in [5, 5.41) is 10.4. The van der Waals surface area contributed by atoms with Crippen molar-refractivity contribution in [2.75, 3.05) is 13.6 Å². The van der Waals surface area contributed by atoms with Crippen LogP contribution in [-0.2, 0) is 4.79 Å². The number of halogens is 2. The molecule has 0 spiro atoms. The third-order valence-electron chi connectivity index (χ3n) is 4.46. The van der Waals surface area contributed by atoms with Crippen molar-refractivity contribution in [2.45, 2.75) is 18.6 Å². The Balaban J connectivity index is 2.08. The Kier molecular flexibility index (Phi) is 5.48. The number of nitrogens with two attached hydrogens (primary N) is 1. The third-order valence-corrected chi connectivity index (χ3v) is 4.46. The summed E-state index contributed by atoms with van der Waals surface area (Å²) in [4.78, 5) is 29.0. The van der Waals surface area contributed by atoms with Crippen LogP contribution in [0.1, 0.15) is 22.5 Å². The van der Waals surface area contributed by atoms with E-state index >= 15 is 0 Å². The predicted octanol–water partition coefficient (Wildman–Crippen LogP) is 1.39. The lowest BCUT2D eigenvalue weighted by Gasteiger charge is -2.14. The van der Waals surface area contributed by atoms with Gasteiger partial charge in [0.05, 0.1) is 5.56 Å².